The Morgan fingerprint density at radius 2 is 1.76 bits per heavy atom. The van der Waals surface area contributed by atoms with Crippen molar-refractivity contribution in [3.63, 3.8) is 0 Å². The van der Waals surface area contributed by atoms with E-state index in [2.05, 4.69) is 0 Å². The molecular weight excluding hydrogens is 234 g/mol. The van der Waals surface area contributed by atoms with E-state index in [0.29, 0.717) is 5.69 Å². The number of hydrogen-bond donors (Lipinski definition) is 2. The van der Waals surface area contributed by atoms with Crippen LogP contribution in [-0.2, 0) is 0 Å². The Kier molecular flexibility index (Phi) is 3.35. The van der Waals surface area contributed by atoms with Gasteiger partial charge in [0.1, 0.15) is 0 Å². The zero-order chi connectivity index (χ0) is 12.3. The molecule has 0 unspecified atom stereocenters. The maximum absolute atomic E-state index is 10.9. The molecule has 0 amide bonds. The summed E-state index contributed by atoms with van der Waals surface area (Å²) in [4.78, 5) is 12.7. The van der Waals surface area contributed by atoms with Gasteiger partial charge in [-0.3, -0.25) is 0 Å². The number of para-hydroxylation sites is 1. The highest BCUT2D eigenvalue weighted by Crippen LogP contribution is 2.33. The summed E-state index contributed by atoms with van der Waals surface area (Å²) in [5.74, 6) is -1.00. The van der Waals surface area contributed by atoms with Crippen LogP contribution in [0.15, 0.2) is 58.3 Å². The first-order valence-corrected chi connectivity index (χ1v) is 5.85. The molecule has 0 radical (unpaired) electrons. The highest BCUT2D eigenvalue weighted by molar-refractivity contribution is 7.99. The summed E-state index contributed by atoms with van der Waals surface area (Å²) >= 11 is 1.46. The fourth-order valence-corrected chi connectivity index (χ4v) is 2.35. The van der Waals surface area contributed by atoms with E-state index in [1.165, 1.54) is 17.8 Å². The summed E-state index contributed by atoms with van der Waals surface area (Å²) in [7, 11) is 0. The molecule has 3 nitrogen and oxygen atoms in total. The van der Waals surface area contributed by atoms with E-state index in [1.807, 2.05) is 36.4 Å². The van der Waals surface area contributed by atoms with E-state index in [4.69, 9.17) is 10.8 Å². The lowest BCUT2D eigenvalue weighted by Crippen LogP contribution is -2.03. The monoisotopic (exact) mass is 245 g/mol. The molecule has 0 heterocycles. The molecule has 0 fully saturated rings. The van der Waals surface area contributed by atoms with Crippen LogP contribution in [0.3, 0.4) is 0 Å². The molecule has 2 aromatic rings. The zero-order valence-electron chi connectivity index (χ0n) is 8.96. The van der Waals surface area contributed by atoms with Gasteiger partial charge in [0.2, 0.25) is 0 Å². The van der Waals surface area contributed by atoms with Crippen LogP contribution in [0.25, 0.3) is 0 Å². The maximum Gasteiger partial charge on any atom is 0.337 e. The van der Waals surface area contributed by atoms with Gasteiger partial charge in [0, 0.05) is 9.79 Å². The van der Waals surface area contributed by atoms with E-state index in [-0.39, 0.29) is 5.56 Å². The SMILES string of the molecule is Nc1c(Sc2ccccc2)cccc1C(=O)O. The van der Waals surface area contributed by atoms with Gasteiger partial charge in [-0.1, -0.05) is 36.0 Å². The highest BCUT2D eigenvalue weighted by atomic mass is 32.2. The fraction of sp³-hybridized carbons (Fsp3) is 0. The molecule has 0 saturated carbocycles. The van der Waals surface area contributed by atoms with Crippen molar-refractivity contribution in [1.29, 1.82) is 0 Å². The third-order valence-corrected chi connectivity index (χ3v) is 3.35. The number of nitrogen functional groups attached to an aromatic ring is 1. The third kappa shape index (κ3) is 2.60. The zero-order valence-corrected chi connectivity index (χ0v) is 9.78. The average molecular weight is 245 g/mol. The molecule has 3 N–H and O–H groups in total. The van der Waals surface area contributed by atoms with E-state index in [1.54, 1.807) is 6.07 Å². The van der Waals surface area contributed by atoms with Crippen molar-refractivity contribution < 1.29 is 9.90 Å². The number of anilines is 1. The maximum atomic E-state index is 10.9. The van der Waals surface area contributed by atoms with Gasteiger partial charge in [-0.15, -0.1) is 0 Å². The Balaban J connectivity index is 2.34. The Morgan fingerprint density at radius 3 is 2.41 bits per heavy atom. The number of carbonyl (C=O) groups is 1. The van der Waals surface area contributed by atoms with Crippen LogP contribution in [0, 0.1) is 0 Å². The molecule has 0 spiro atoms. The minimum absolute atomic E-state index is 0.144. The molecule has 0 aliphatic rings. The van der Waals surface area contributed by atoms with Crippen molar-refractivity contribution in [2.75, 3.05) is 5.73 Å². The molecule has 2 rings (SSSR count). The third-order valence-electron chi connectivity index (χ3n) is 2.27. The van der Waals surface area contributed by atoms with Crippen LogP contribution in [0.1, 0.15) is 10.4 Å². The summed E-state index contributed by atoms with van der Waals surface area (Å²) in [5, 5.41) is 8.97. The van der Waals surface area contributed by atoms with E-state index in [0.717, 1.165) is 9.79 Å². The van der Waals surface area contributed by atoms with Gasteiger partial charge in [-0.25, -0.2) is 4.79 Å². The van der Waals surface area contributed by atoms with Gasteiger partial charge in [-0.2, -0.15) is 0 Å². The van der Waals surface area contributed by atoms with E-state index < -0.39 is 5.97 Å². The highest BCUT2D eigenvalue weighted by Gasteiger charge is 2.11. The largest absolute Gasteiger partial charge is 0.478 e. The van der Waals surface area contributed by atoms with Gasteiger partial charge < -0.3 is 10.8 Å². The second-order valence-corrected chi connectivity index (χ2v) is 4.55. The summed E-state index contributed by atoms with van der Waals surface area (Å²) in [6.45, 7) is 0. The topological polar surface area (TPSA) is 63.3 Å². The minimum atomic E-state index is -1.00. The van der Waals surface area contributed by atoms with Crippen molar-refractivity contribution in [2.24, 2.45) is 0 Å². The fourth-order valence-electron chi connectivity index (χ4n) is 1.44. The first-order chi connectivity index (χ1) is 8.18. The second kappa shape index (κ2) is 4.93. The number of rotatable bonds is 3. The molecule has 0 atom stereocenters. The molecule has 2 aromatic carbocycles. The first-order valence-electron chi connectivity index (χ1n) is 5.03. The van der Waals surface area contributed by atoms with Crippen LogP contribution in [0.2, 0.25) is 0 Å². The Bertz CT molecular complexity index is 540. The van der Waals surface area contributed by atoms with Crippen LogP contribution < -0.4 is 5.73 Å². The van der Waals surface area contributed by atoms with Gasteiger partial charge >= 0.3 is 5.97 Å². The summed E-state index contributed by atoms with van der Waals surface area (Å²) in [6, 6.07) is 14.7. The first kappa shape index (κ1) is 11.5. The normalized spacial score (nSPS) is 10.1. The van der Waals surface area contributed by atoms with Gasteiger partial charge in [-0.05, 0) is 24.3 Å². The lowest BCUT2D eigenvalue weighted by atomic mass is 10.2. The van der Waals surface area contributed by atoms with Crippen molar-refractivity contribution in [2.45, 2.75) is 9.79 Å². The van der Waals surface area contributed by atoms with E-state index in [9.17, 15) is 4.79 Å². The number of carboxylic acid groups (broad SMARTS) is 1. The molecular formula is C13H11NO2S. The molecule has 0 saturated heterocycles. The lowest BCUT2D eigenvalue weighted by Gasteiger charge is -2.07. The predicted octanol–water partition coefficient (Wildman–Crippen LogP) is 3.12. The molecule has 4 heteroatoms. The average Bonchev–Trinajstić information content (AvgIpc) is 2.33. The van der Waals surface area contributed by atoms with Gasteiger partial charge in [0.25, 0.3) is 0 Å². The number of nitrogens with two attached hydrogens (primary N) is 1. The number of hydrogen-bond acceptors (Lipinski definition) is 3. The Morgan fingerprint density at radius 1 is 1.06 bits per heavy atom. The molecule has 0 aliphatic heterocycles. The predicted molar refractivity (Wildman–Crippen MR) is 68.4 cm³/mol. The molecule has 0 bridgehead atoms. The van der Waals surface area contributed by atoms with Gasteiger partial charge in [0.15, 0.2) is 0 Å². The van der Waals surface area contributed by atoms with Crippen molar-refractivity contribution >= 4 is 23.4 Å². The van der Waals surface area contributed by atoms with Crippen LogP contribution >= 0.6 is 11.8 Å². The smallest absolute Gasteiger partial charge is 0.337 e. The van der Waals surface area contributed by atoms with Crippen molar-refractivity contribution in [3.8, 4) is 0 Å². The van der Waals surface area contributed by atoms with Crippen LogP contribution in [0.5, 0.6) is 0 Å². The summed E-state index contributed by atoms with van der Waals surface area (Å²) in [6.07, 6.45) is 0. The Labute approximate surface area is 103 Å². The molecule has 0 aliphatic carbocycles. The number of carboxylic acids is 1. The van der Waals surface area contributed by atoms with Crippen LogP contribution in [-0.4, -0.2) is 11.1 Å². The molecule has 86 valence electrons. The molecule has 0 aromatic heterocycles. The van der Waals surface area contributed by atoms with Crippen LogP contribution in [0.4, 0.5) is 5.69 Å². The standard InChI is InChI=1S/C13H11NO2S/c14-12-10(13(15)16)7-4-8-11(12)17-9-5-2-1-3-6-9/h1-8H,14H2,(H,15,16). The summed E-state index contributed by atoms with van der Waals surface area (Å²) in [5.41, 5.74) is 6.29. The van der Waals surface area contributed by atoms with E-state index >= 15 is 0 Å². The molecule has 17 heavy (non-hydrogen) atoms. The van der Waals surface area contributed by atoms with Crippen molar-refractivity contribution in [1.82, 2.24) is 0 Å². The van der Waals surface area contributed by atoms with Gasteiger partial charge in [0.05, 0.1) is 11.3 Å². The van der Waals surface area contributed by atoms with Crippen molar-refractivity contribution in [3.05, 3.63) is 54.1 Å². The quantitative estimate of drug-likeness (QED) is 0.815. The lowest BCUT2D eigenvalue weighted by molar-refractivity contribution is 0.0698. The summed E-state index contributed by atoms with van der Waals surface area (Å²) < 4.78 is 0. The minimum Gasteiger partial charge on any atom is -0.478 e. The number of aromatic carboxylic acids is 1. The Hall–Kier alpha value is -1.94. The number of benzene rings is 2. The second-order valence-electron chi connectivity index (χ2n) is 3.44.